The predicted octanol–water partition coefficient (Wildman–Crippen LogP) is -0.0956. The normalized spacial score (nSPS) is 29.6. The number of rotatable bonds is 5. The maximum Gasteiger partial charge on any atom is 1.00 e. The van der Waals surface area contributed by atoms with Crippen LogP contribution in [0.25, 0.3) is 0 Å². The average molecular weight is 602 g/mol. The second-order valence-electron chi connectivity index (χ2n) is 9.97. The van der Waals surface area contributed by atoms with Crippen molar-refractivity contribution in [2.45, 2.75) is 110 Å². The molecule has 4 aliphatic rings. The van der Waals surface area contributed by atoms with Gasteiger partial charge in [-0.3, -0.25) is 14.4 Å². The van der Waals surface area contributed by atoms with E-state index in [-0.39, 0.29) is 94.6 Å². The zero-order chi connectivity index (χ0) is 28.0. The Kier molecular flexibility index (Phi) is 26.5. The van der Waals surface area contributed by atoms with Crippen LogP contribution in [0.4, 0.5) is 0 Å². The summed E-state index contributed by atoms with van der Waals surface area (Å²) in [5.41, 5.74) is 0. The second-order valence-corrected chi connectivity index (χ2v) is 9.97. The van der Waals surface area contributed by atoms with Gasteiger partial charge in [0.15, 0.2) is 0 Å². The number of carboxylic acid groups (broad SMARTS) is 2. The molecule has 1 saturated heterocycles. The smallest absolute Gasteiger partial charge is 0.870 e. The summed E-state index contributed by atoms with van der Waals surface area (Å²) >= 11 is 0. The van der Waals surface area contributed by atoms with E-state index in [0.29, 0.717) is 12.8 Å². The molecule has 1 aliphatic heterocycles. The van der Waals surface area contributed by atoms with Crippen molar-refractivity contribution < 1.29 is 102 Å². The van der Waals surface area contributed by atoms with Crippen LogP contribution in [0, 0.1) is 17.8 Å². The molecule has 0 radical (unpaired) electrons. The van der Waals surface area contributed by atoms with Crippen molar-refractivity contribution in [2.75, 3.05) is 19.6 Å². The van der Waals surface area contributed by atoms with Crippen molar-refractivity contribution in [3.05, 3.63) is 12.2 Å². The Hall–Kier alpha value is -0.414. The topological polar surface area (TPSA) is 195 Å². The maximum atomic E-state index is 10.9. The predicted molar refractivity (Wildman–Crippen MR) is 146 cm³/mol. The Bertz CT molecular complexity index is 728. The SMILES string of the molecule is C.CCN(CC)CC.O=C(O)C1CC=CCC1.O=C(O)[C@H]1CC[C@H](O)[C@@H](O)C1.O=C1O[C@H]2C[C@@H]1CC[C@@H]2O.[K+].[OH-]. The van der Waals surface area contributed by atoms with Crippen LogP contribution in [0.5, 0.6) is 0 Å². The van der Waals surface area contributed by atoms with Crippen molar-refractivity contribution in [3.8, 4) is 0 Å². The molecule has 7 atom stereocenters. The third-order valence-corrected chi connectivity index (χ3v) is 7.45. The number of carboxylic acids is 2. The van der Waals surface area contributed by atoms with E-state index in [2.05, 4.69) is 25.7 Å². The van der Waals surface area contributed by atoms with Crippen molar-refractivity contribution in [1.29, 1.82) is 0 Å². The molecule has 12 heteroatoms. The number of allylic oxidation sites excluding steroid dienone is 2. The minimum Gasteiger partial charge on any atom is -0.870 e. The summed E-state index contributed by atoms with van der Waals surface area (Å²) in [5.74, 6) is -2.14. The van der Waals surface area contributed by atoms with Gasteiger partial charge < -0.3 is 40.6 Å². The molecule has 4 rings (SSSR count). The molecular weight excluding hydrogens is 549 g/mol. The van der Waals surface area contributed by atoms with E-state index in [9.17, 15) is 19.5 Å². The van der Waals surface area contributed by atoms with E-state index < -0.39 is 36.2 Å². The van der Waals surface area contributed by atoms with E-state index >= 15 is 0 Å². The molecule has 3 fully saturated rings. The molecule has 1 heterocycles. The van der Waals surface area contributed by atoms with E-state index in [1.807, 2.05) is 12.2 Å². The molecule has 0 amide bonds. The number of nitrogens with zero attached hydrogens (tertiary/aromatic N) is 1. The fourth-order valence-electron chi connectivity index (χ4n) is 4.74. The van der Waals surface area contributed by atoms with Gasteiger partial charge in [-0.2, -0.15) is 0 Å². The van der Waals surface area contributed by atoms with Gasteiger partial charge in [-0.05, 0) is 71.0 Å². The Morgan fingerprint density at radius 1 is 0.825 bits per heavy atom. The molecule has 6 N–H and O–H groups in total. The summed E-state index contributed by atoms with van der Waals surface area (Å²) < 4.78 is 4.91. The molecule has 0 spiro atoms. The minimum atomic E-state index is -0.879. The number of aliphatic hydroxyl groups excluding tert-OH is 3. The van der Waals surface area contributed by atoms with Crippen molar-refractivity contribution in [1.82, 2.24) is 4.90 Å². The van der Waals surface area contributed by atoms with Crippen molar-refractivity contribution in [2.24, 2.45) is 17.8 Å². The fourth-order valence-corrected chi connectivity index (χ4v) is 4.74. The van der Waals surface area contributed by atoms with Crippen molar-refractivity contribution >= 4 is 17.9 Å². The zero-order valence-corrected chi connectivity index (χ0v) is 27.1. The summed E-state index contributed by atoms with van der Waals surface area (Å²) in [6.45, 7) is 10.1. The number of ether oxygens (including phenoxy) is 1. The first-order valence-electron chi connectivity index (χ1n) is 13.6. The molecule has 0 aromatic heterocycles. The first-order valence-corrected chi connectivity index (χ1v) is 13.6. The summed E-state index contributed by atoms with van der Waals surface area (Å²) in [5, 5.41) is 44.4. The molecule has 3 aliphatic carbocycles. The molecule has 2 bridgehead atoms. The Morgan fingerprint density at radius 3 is 1.75 bits per heavy atom. The van der Waals surface area contributed by atoms with Crippen molar-refractivity contribution in [3.63, 3.8) is 0 Å². The second kappa shape index (κ2) is 24.1. The number of aliphatic hydroxyl groups is 3. The van der Waals surface area contributed by atoms with Gasteiger partial charge in [-0.1, -0.05) is 40.3 Å². The molecule has 1 unspecified atom stereocenters. The molecule has 230 valence electrons. The van der Waals surface area contributed by atoms with Crippen LogP contribution in [0.2, 0.25) is 0 Å². The van der Waals surface area contributed by atoms with E-state index in [0.717, 1.165) is 38.5 Å². The van der Waals surface area contributed by atoms with E-state index in [1.54, 1.807) is 0 Å². The number of hydrogen-bond donors (Lipinski definition) is 5. The quantitative estimate of drug-likeness (QED) is 0.160. The van der Waals surface area contributed by atoms with Gasteiger partial charge in [0.1, 0.15) is 6.10 Å². The first-order chi connectivity index (χ1) is 17.5. The number of carbonyl (C=O) groups is 3. The Labute approximate surface area is 282 Å². The summed E-state index contributed by atoms with van der Waals surface area (Å²) in [6, 6.07) is 0. The first kappa shape index (κ1) is 44.0. The molecule has 40 heavy (non-hydrogen) atoms. The number of fused-ring (bicyclic) bond motifs is 2. The van der Waals surface area contributed by atoms with E-state index in [4.69, 9.17) is 25.2 Å². The van der Waals surface area contributed by atoms with Gasteiger partial charge in [-0.15, -0.1) is 0 Å². The molecule has 0 aromatic carbocycles. The summed E-state index contributed by atoms with van der Waals surface area (Å²) in [6.07, 6.45) is 7.56. The van der Waals surface area contributed by atoms with Gasteiger partial charge in [-0.25, -0.2) is 0 Å². The summed E-state index contributed by atoms with van der Waals surface area (Å²) in [4.78, 5) is 34.0. The fraction of sp³-hybridized carbons (Fsp3) is 0.821. The zero-order valence-electron chi connectivity index (χ0n) is 23.9. The van der Waals surface area contributed by atoms with Crippen LogP contribution in [0.3, 0.4) is 0 Å². The van der Waals surface area contributed by atoms with Gasteiger partial charge >= 0.3 is 69.3 Å². The van der Waals surface area contributed by atoms with Gasteiger partial charge in [0.25, 0.3) is 0 Å². The van der Waals surface area contributed by atoms with Crippen LogP contribution in [0.15, 0.2) is 12.2 Å². The number of esters is 1. The average Bonchev–Trinajstić information content (AvgIpc) is 3.21. The molecular formula is C28H52KNO10. The van der Waals surface area contributed by atoms with Gasteiger partial charge in [0.2, 0.25) is 0 Å². The molecule has 2 saturated carbocycles. The number of carbonyl (C=O) groups excluding carboxylic acids is 1. The third kappa shape index (κ3) is 16.3. The molecule has 11 nitrogen and oxygen atoms in total. The van der Waals surface area contributed by atoms with E-state index in [1.165, 1.54) is 19.6 Å². The van der Waals surface area contributed by atoms with Crippen LogP contribution in [-0.2, 0) is 19.1 Å². The van der Waals surface area contributed by atoms with Crippen LogP contribution in [-0.4, -0.2) is 97.9 Å². The van der Waals surface area contributed by atoms with Gasteiger partial charge in [0, 0.05) is 6.42 Å². The Morgan fingerprint density at radius 2 is 1.38 bits per heavy atom. The van der Waals surface area contributed by atoms with Gasteiger partial charge in [0.05, 0.1) is 36.1 Å². The Balaban J connectivity index is -0.000000451. The largest absolute Gasteiger partial charge is 1.00 e. The number of hydrogen-bond acceptors (Lipinski definition) is 9. The summed E-state index contributed by atoms with van der Waals surface area (Å²) in [7, 11) is 0. The maximum absolute atomic E-state index is 10.9. The van der Waals surface area contributed by atoms with Crippen LogP contribution in [0.1, 0.15) is 86.0 Å². The molecule has 0 aromatic rings. The number of aliphatic carboxylic acids is 2. The van der Waals surface area contributed by atoms with Crippen LogP contribution < -0.4 is 51.4 Å². The third-order valence-electron chi connectivity index (χ3n) is 7.45. The van der Waals surface area contributed by atoms with Crippen LogP contribution >= 0.6 is 0 Å². The monoisotopic (exact) mass is 601 g/mol. The standard InChI is InChI=1S/C7H12O4.C7H10O3.C7H10O2.C6H15N.CH4.K.H2O/c8-5-2-1-4(7(10)11)3-6(5)9;8-5-2-1-4-3-6(5)10-7(4)9;8-7(9)6-4-2-1-3-5-6;1-4-7(5-2)6-3;;;/h4-6,8-9H,1-3H2,(H,10,11);4-6,8H,1-3H2;1-2,6H,3-5H2,(H,8,9);4-6H2,1-3H3;1H4;;1H2/q;;;;;+1;/p-1/t2*4-,5-,6-;;;;;/m00...../s1. The minimum absolute atomic E-state index is 0.